The molecule has 0 radical (unpaired) electrons. The molecule has 4 nitrogen and oxygen atoms in total. The zero-order valence-corrected chi connectivity index (χ0v) is 15.6. The molecule has 0 aliphatic carbocycles. The summed E-state index contributed by atoms with van der Waals surface area (Å²) in [5, 5.41) is 2.57. The molecule has 0 fully saturated rings. The van der Waals surface area contributed by atoms with Gasteiger partial charge in [-0.2, -0.15) is 0 Å². The summed E-state index contributed by atoms with van der Waals surface area (Å²) in [6.07, 6.45) is 0.564. The number of amides is 1. The summed E-state index contributed by atoms with van der Waals surface area (Å²) < 4.78 is 18.8. The van der Waals surface area contributed by atoms with Gasteiger partial charge >= 0.3 is 5.97 Å². The molecule has 0 aliphatic rings. The van der Waals surface area contributed by atoms with Crippen LogP contribution < -0.4 is 5.32 Å². The van der Waals surface area contributed by atoms with E-state index in [1.165, 1.54) is 12.1 Å². The van der Waals surface area contributed by atoms with E-state index in [9.17, 15) is 14.0 Å². The molecule has 0 unspecified atom stereocenters. The van der Waals surface area contributed by atoms with Gasteiger partial charge < -0.3 is 10.1 Å². The van der Waals surface area contributed by atoms with Gasteiger partial charge in [0.2, 0.25) is 0 Å². The van der Waals surface area contributed by atoms with Gasteiger partial charge in [0.25, 0.3) is 5.91 Å². The number of anilines is 1. The first-order valence-corrected chi connectivity index (χ1v) is 8.94. The van der Waals surface area contributed by atoms with Gasteiger partial charge in [-0.15, -0.1) is 0 Å². The minimum atomic E-state index is -0.666. The van der Waals surface area contributed by atoms with E-state index in [0.29, 0.717) is 12.0 Å². The van der Waals surface area contributed by atoms with E-state index in [4.69, 9.17) is 16.3 Å². The van der Waals surface area contributed by atoms with E-state index in [1.54, 1.807) is 12.1 Å². The number of nitrogens with one attached hydrogen (secondary N) is 1. The van der Waals surface area contributed by atoms with Gasteiger partial charge in [0, 0.05) is 5.02 Å². The van der Waals surface area contributed by atoms with Gasteiger partial charge in [-0.25, -0.2) is 9.18 Å². The third-order valence-corrected chi connectivity index (χ3v) is 4.25. The van der Waals surface area contributed by atoms with E-state index in [0.717, 1.165) is 17.2 Å². The molecule has 0 spiro atoms. The number of halogens is 2. The van der Waals surface area contributed by atoms with Crippen LogP contribution in [0.1, 0.15) is 21.5 Å². The summed E-state index contributed by atoms with van der Waals surface area (Å²) in [5.41, 5.74) is 2.20. The number of benzene rings is 3. The van der Waals surface area contributed by atoms with E-state index >= 15 is 0 Å². The van der Waals surface area contributed by atoms with Crippen LogP contribution in [0, 0.1) is 5.82 Å². The summed E-state index contributed by atoms with van der Waals surface area (Å²) in [7, 11) is 0. The molecule has 1 N–H and O–H groups in total. The molecule has 0 aliphatic heterocycles. The largest absolute Gasteiger partial charge is 0.452 e. The quantitative estimate of drug-likeness (QED) is 0.604. The highest BCUT2D eigenvalue weighted by Crippen LogP contribution is 2.19. The Kier molecular flexibility index (Phi) is 6.40. The van der Waals surface area contributed by atoms with Crippen molar-refractivity contribution in [2.24, 2.45) is 0 Å². The van der Waals surface area contributed by atoms with E-state index in [-0.39, 0.29) is 10.7 Å². The summed E-state index contributed by atoms with van der Waals surface area (Å²) in [6, 6.07) is 20.6. The first-order chi connectivity index (χ1) is 13.5. The summed E-state index contributed by atoms with van der Waals surface area (Å²) in [4.78, 5) is 24.4. The lowest BCUT2D eigenvalue weighted by Crippen LogP contribution is -2.22. The number of esters is 1. The number of carbonyl (C=O) groups excluding carboxylic acids is 2. The van der Waals surface area contributed by atoms with Crippen LogP contribution in [0.5, 0.6) is 0 Å². The molecule has 28 heavy (non-hydrogen) atoms. The maximum atomic E-state index is 13.7. The second-order valence-corrected chi connectivity index (χ2v) is 6.50. The third-order valence-electron chi connectivity index (χ3n) is 4.01. The molecule has 0 saturated carbocycles. The van der Waals surface area contributed by atoms with Crippen molar-refractivity contribution in [3.05, 3.63) is 100 Å². The average molecular weight is 398 g/mol. The Morgan fingerprint density at radius 2 is 1.68 bits per heavy atom. The predicted molar refractivity (Wildman–Crippen MR) is 106 cm³/mol. The minimum absolute atomic E-state index is 0.0325. The molecule has 1 amide bonds. The van der Waals surface area contributed by atoms with Gasteiger partial charge in [0.1, 0.15) is 5.82 Å². The van der Waals surface area contributed by atoms with Crippen LogP contribution in [-0.2, 0) is 16.0 Å². The normalized spacial score (nSPS) is 10.4. The van der Waals surface area contributed by atoms with E-state index in [1.807, 2.05) is 42.5 Å². The Morgan fingerprint density at radius 3 is 2.43 bits per heavy atom. The average Bonchev–Trinajstić information content (AvgIpc) is 2.69. The van der Waals surface area contributed by atoms with Crippen molar-refractivity contribution in [1.29, 1.82) is 0 Å². The summed E-state index contributed by atoms with van der Waals surface area (Å²) >= 11 is 5.67. The van der Waals surface area contributed by atoms with Gasteiger partial charge in [0.05, 0.1) is 11.3 Å². The first kappa shape index (κ1) is 19.6. The highest BCUT2D eigenvalue weighted by Gasteiger charge is 2.15. The first-order valence-electron chi connectivity index (χ1n) is 8.57. The lowest BCUT2D eigenvalue weighted by molar-refractivity contribution is -0.119. The van der Waals surface area contributed by atoms with Crippen molar-refractivity contribution in [3.8, 4) is 0 Å². The SMILES string of the molecule is O=C(COC(=O)c1ccccc1Cc1ccccc1)Nc1ccc(Cl)cc1F. The Hall–Kier alpha value is -3.18. The molecule has 3 aromatic carbocycles. The van der Waals surface area contributed by atoms with Crippen molar-refractivity contribution in [2.75, 3.05) is 11.9 Å². The molecule has 142 valence electrons. The summed E-state index contributed by atoms with van der Waals surface area (Å²) in [5.74, 6) is -1.92. The van der Waals surface area contributed by atoms with Crippen molar-refractivity contribution in [3.63, 3.8) is 0 Å². The van der Waals surface area contributed by atoms with Gasteiger partial charge in [-0.1, -0.05) is 60.1 Å². The third kappa shape index (κ3) is 5.18. The topological polar surface area (TPSA) is 55.4 Å². The van der Waals surface area contributed by atoms with Crippen LogP contribution in [-0.4, -0.2) is 18.5 Å². The van der Waals surface area contributed by atoms with Crippen LogP contribution in [0.15, 0.2) is 72.8 Å². The molecule has 3 aromatic rings. The smallest absolute Gasteiger partial charge is 0.338 e. The molecule has 6 heteroatoms. The molecule has 0 heterocycles. The van der Waals surface area contributed by atoms with Crippen molar-refractivity contribution >= 4 is 29.2 Å². The number of carbonyl (C=O) groups is 2. The van der Waals surface area contributed by atoms with Crippen molar-refractivity contribution in [1.82, 2.24) is 0 Å². The maximum Gasteiger partial charge on any atom is 0.338 e. The van der Waals surface area contributed by atoms with E-state index < -0.39 is 24.3 Å². The number of rotatable bonds is 6. The lowest BCUT2D eigenvalue weighted by Gasteiger charge is -2.10. The molecular weight excluding hydrogens is 381 g/mol. The fourth-order valence-corrected chi connectivity index (χ4v) is 2.83. The highest BCUT2D eigenvalue weighted by atomic mass is 35.5. The standard InChI is InChI=1S/C22H17ClFNO3/c23-17-10-11-20(19(24)13-17)25-21(26)14-28-22(27)18-9-5-4-8-16(18)12-15-6-2-1-3-7-15/h1-11,13H,12,14H2,(H,25,26). The van der Waals surface area contributed by atoms with Crippen LogP contribution in [0.3, 0.4) is 0 Å². The van der Waals surface area contributed by atoms with Crippen LogP contribution >= 0.6 is 11.6 Å². The van der Waals surface area contributed by atoms with Crippen LogP contribution in [0.25, 0.3) is 0 Å². The van der Waals surface area contributed by atoms with Crippen molar-refractivity contribution in [2.45, 2.75) is 6.42 Å². The maximum absolute atomic E-state index is 13.7. The predicted octanol–water partition coefficient (Wildman–Crippen LogP) is 4.87. The molecule has 0 saturated heterocycles. The summed E-state index contributed by atoms with van der Waals surface area (Å²) in [6.45, 7) is -0.527. The molecule has 3 rings (SSSR count). The number of hydrogen-bond donors (Lipinski definition) is 1. The van der Waals surface area contributed by atoms with Gasteiger partial charge in [0.15, 0.2) is 6.61 Å². The molecular formula is C22H17ClFNO3. The Morgan fingerprint density at radius 1 is 0.964 bits per heavy atom. The van der Waals surface area contributed by atoms with Gasteiger partial charge in [-0.05, 0) is 41.8 Å². The Balaban J connectivity index is 1.62. The second kappa shape index (κ2) is 9.15. The number of ether oxygens (including phenoxy) is 1. The van der Waals surface area contributed by atoms with Crippen LogP contribution in [0.4, 0.5) is 10.1 Å². The van der Waals surface area contributed by atoms with Crippen molar-refractivity contribution < 1.29 is 18.7 Å². The number of hydrogen-bond acceptors (Lipinski definition) is 3. The zero-order chi connectivity index (χ0) is 19.9. The zero-order valence-electron chi connectivity index (χ0n) is 14.8. The molecule has 0 aromatic heterocycles. The highest BCUT2D eigenvalue weighted by molar-refractivity contribution is 6.30. The Bertz CT molecular complexity index is 992. The second-order valence-electron chi connectivity index (χ2n) is 6.07. The monoisotopic (exact) mass is 397 g/mol. The Labute approximate surface area is 166 Å². The fraction of sp³-hybridized carbons (Fsp3) is 0.0909. The van der Waals surface area contributed by atoms with Crippen LogP contribution in [0.2, 0.25) is 5.02 Å². The molecule has 0 bridgehead atoms. The molecule has 0 atom stereocenters. The van der Waals surface area contributed by atoms with Gasteiger partial charge in [-0.3, -0.25) is 4.79 Å². The lowest BCUT2D eigenvalue weighted by atomic mass is 10.00. The van der Waals surface area contributed by atoms with E-state index in [2.05, 4.69) is 5.32 Å². The minimum Gasteiger partial charge on any atom is -0.452 e. The fourth-order valence-electron chi connectivity index (χ4n) is 2.68.